The van der Waals surface area contributed by atoms with Crippen molar-refractivity contribution in [2.24, 2.45) is 0 Å². The lowest BCUT2D eigenvalue weighted by molar-refractivity contribution is -0.152. The third-order valence-corrected chi connectivity index (χ3v) is 4.20. The summed E-state index contributed by atoms with van der Waals surface area (Å²) in [6, 6.07) is 10.1. The van der Waals surface area contributed by atoms with Crippen molar-refractivity contribution in [3.63, 3.8) is 0 Å². The van der Waals surface area contributed by atoms with Crippen molar-refractivity contribution < 1.29 is 19.1 Å². The average Bonchev–Trinajstić information content (AvgIpc) is 2.60. The molecule has 2 rings (SSSR count). The number of piperidine rings is 1. The first-order chi connectivity index (χ1) is 11.1. The predicted molar refractivity (Wildman–Crippen MR) is 85.7 cm³/mol. The van der Waals surface area contributed by atoms with Crippen LogP contribution in [0.3, 0.4) is 0 Å². The SMILES string of the molecule is COC(=O)CNC1(C(=O)OC)CCCN(Cc2ccccc2)C1. The number of methoxy groups -OCH3 is 2. The monoisotopic (exact) mass is 320 g/mol. The third kappa shape index (κ3) is 4.53. The van der Waals surface area contributed by atoms with Crippen LogP contribution in [0.4, 0.5) is 0 Å². The molecule has 0 spiro atoms. The molecule has 0 aromatic heterocycles. The lowest BCUT2D eigenvalue weighted by Crippen LogP contribution is -2.62. The lowest BCUT2D eigenvalue weighted by Gasteiger charge is -2.41. The van der Waals surface area contributed by atoms with E-state index in [1.807, 2.05) is 18.2 Å². The van der Waals surface area contributed by atoms with Gasteiger partial charge in [0, 0.05) is 13.1 Å². The highest BCUT2D eigenvalue weighted by atomic mass is 16.5. The molecule has 6 nitrogen and oxygen atoms in total. The number of ether oxygens (including phenoxy) is 2. The number of carbonyl (C=O) groups is 2. The van der Waals surface area contributed by atoms with Crippen molar-refractivity contribution in [2.75, 3.05) is 33.9 Å². The molecule has 1 fully saturated rings. The molecule has 1 aliphatic rings. The van der Waals surface area contributed by atoms with Gasteiger partial charge in [0.1, 0.15) is 5.54 Å². The van der Waals surface area contributed by atoms with Gasteiger partial charge >= 0.3 is 11.9 Å². The van der Waals surface area contributed by atoms with Gasteiger partial charge in [-0.25, -0.2) is 0 Å². The Morgan fingerprint density at radius 1 is 1.22 bits per heavy atom. The van der Waals surface area contributed by atoms with Gasteiger partial charge in [-0.1, -0.05) is 30.3 Å². The van der Waals surface area contributed by atoms with E-state index in [0.717, 1.165) is 19.5 Å². The van der Waals surface area contributed by atoms with Crippen LogP contribution in [0.15, 0.2) is 30.3 Å². The van der Waals surface area contributed by atoms with Gasteiger partial charge in [-0.05, 0) is 24.9 Å². The minimum Gasteiger partial charge on any atom is -0.468 e. The summed E-state index contributed by atoms with van der Waals surface area (Å²) in [6.45, 7) is 2.17. The van der Waals surface area contributed by atoms with Crippen LogP contribution in [0.25, 0.3) is 0 Å². The van der Waals surface area contributed by atoms with Gasteiger partial charge in [0.2, 0.25) is 0 Å². The highest BCUT2D eigenvalue weighted by molar-refractivity contribution is 5.82. The molecule has 1 N–H and O–H groups in total. The van der Waals surface area contributed by atoms with E-state index >= 15 is 0 Å². The van der Waals surface area contributed by atoms with Crippen LogP contribution in [0.2, 0.25) is 0 Å². The fraction of sp³-hybridized carbons (Fsp3) is 0.529. The van der Waals surface area contributed by atoms with Crippen molar-refractivity contribution in [3.05, 3.63) is 35.9 Å². The Kier molecular flexibility index (Phi) is 6.12. The number of hydrogen-bond acceptors (Lipinski definition) is 6. The van der Waals surface area contributed by atoms with Crippen LogP contribution >= 0.6 is 0 Å². The van der Waals surface area contributed by atoms with Gasteiger partial charge in [0.25, 0.3) is 0 Å². The zero-order valence-electron chi connectivity index (χ0n) is 13.7. The fourth-order valence-electron chi connectivity index (χ4n) is 3.01. The van der Waals surface area contributed by atoms with Gasteiger partial charge in [-0.15, -0.1) is 0 Å². The minimum absolute atomic E-state index is 0.00915. The zero-order chi connectivity index (χ0) is 16.7. The highest BCUT2D eigenvalue weighted by Crippen LogP contribution is 2.24. The van der Waals surface area contributed by atoms with Crippen molar-refractivity contribution in [2.45, 2.75) is 24.9 Å². The summed E-state index contributed by atoms with van der Waals surface area (Å²) in [5, 5.41) is 3.06. The number of likely N-dealkylation sites (tertiary alicyclic amines) is 1. The maximum absolute atomic E-state index is 12.3. The average molecular weight is 320 g/mol. The predicted octanol–water partition coefficient (Wildman–Crippen LogP) is 0.957. The molecule has 1 unspecified atom stereocenters. The Morgan fingerprint density at radius 3 is 2.61 bits per heavy atom. The summed E-state index contributed by atoms with van der Waals surface area (Å²) in [4.78, 5) is 26.0. The molecular formula is C17H24N2O4. The highest BCUT2D eigenvalue weighted by Gasteiger charge is 2.43. The molecule has 23 heavy (non-hydrogen) atoms. The van der Waals surface area contributed by atoms with E-state index in [4.69, 9.17) is 4.74 Å². The number of rotatable bonds is 6. The van der Waals surface area contributed by atoms with Crippen LogP contribution in [-0.2, 0) is 25.6 Å². The Bertz CT molecular complexity index is 535. The summed E-state index contributed by atoms with van der Waals surface area (Å²) in [5.41, 5.74) is 0.330. The molecule has 0 bridgehead atoms. The van der Waals surface area contributed by atoms with Crippen molar-refractivity contribution >= 4 is 11.9 Å². The second-order valence-electron chi connectivity index (χ2n) is 5.80. The third-order valence-electron chi connectivity index (χ3n) is 4.20. The maximum Gasteiger partial charge on any atom is 0.327 e. The Hall–Kier alpha value is -1.92. The molecule has 1 aromatic carbocycles. The number of carbonyl (C=O) groups excluding carboxylic acids is 2. The van der Waals surface area contributed by atoms with E-state index in [1.165, 1.54) is 19.8 Å². The molecule has 1 atom stereocenters. The van der Waals surface area contributed by atoms with Gasteiger partial charge < -0.3 is 9.47 Å². The van der Waals surface area contributed by atoms with Crippen molar-refractivity contribution in [1.29, 1.82) is 0 Å². The molecule has 0 radical (unpaired) electrons. The maximum atomic E-state index is 12.3. The summed E-state index contributed by atoms with van der Waals surface area (Å²) < 4.78 is 9.63. The molecule has 1 saturated heterocycles. The summed E-state index contributed by atoms with van der Waals surface area (Å²) >= 11 is 0. The van der Waals surface area contributed by atoms with Crippen LogP contribution in [0, 0.1) is 0 Å². The van der Waals surface area contributed by atoms with Gasteiger partial charge in [0.05, 0.1) is 20.8 Å². The van der Waals surface area contributed by atoms with E-state index < -0.39 is 11.5 Å². The van der Waals surface area contributed by atoms with Crippen molar-refractivity contribution in [3.8, 4) is 0 Å². The topological polar surface area (TPSA) is 67.9 Å². The lowest BCUT2D eigenvalue weighted by atomic mass is 9.88. The molecule has 1 aliphatic heterocycles. The fourth-order valence-corrected chi connectivity index (χ4v) is 3.01. The summed E-state index contributed by atoms with van der Waals surface area (Å²) in [5.74, 6) is -0.729. The molecule has 0 aliphatic carbocycles. The molecule has 0 saturated carbocycles. The van der Waals surface area contributed by atoms with E-state index in [9.17, 15) is 9.59 Å². The first-order valence-electron chi connectivity index (χ1n) is 7.76. The minimum atomic E-state index is -0.865. The Labute approximate surface area is 136 Å². The van der Waals surface area contributed by atoms with Crippen LogP contribution in [0.5, 0.6) is 0 Å². The molecule has 1 aromatic rings. The van der Waals surface area contributed by atoms with E-state index in [-0.39, 0.29) is 12.5 Å². The number of benzene rings is 1. The Morgan fingerprint density at radius 2 is 1.96 bits per heavy atom. The molecule has 0 amide bonds. The molecule has 126 valence electrons. The Balaban J connectivity index is 2.08. The van der Waals surface area contributed by atoms with Crippen LogP contribution < -0.4 is 5.32 Å². The van der Waals surface area contributed by atoms with Gasteiger partial charge in [0.15, 0.2) is 0 Å². The first kappa shape index (κ1) is 17.4. The quantitative estimate of drug-likeness (QED) is 0.788. The molecular weight excluding hydrogens is 296 g/mol. The number of hydrogen-bond donors (Lipinski definition) is 1. The normalized spacial score (nSPS) is 21.7. The standard InChI is InChI=1S/C17H24N2O4/c1-22-15(20)11-18-17(16(21)23-2)9-6-10-19(13-17)12-14-7-4-3-5-8-14/h3-5,7-8,18H,6,9-13H2,1-2H3. The zero-order valence-corrected chi connectivity index (χ0v) is 13.7. The van der Waals surface area contributed by atoms with E-state index in [0.29, 0.717) is 13.0 Å². The summed E-state index contributed by atoms with van der Waals surface area (Å²) in [7, 11) is 2.71. The van der Waals surface area contributed by atoms with E-state index in [1.54, 1.807) is 0 Å². The van der Waals surface area contributed by atoms with Gasteiger partial charge in [-0.2, -0.15) is 0 Å². The first-order valence-corrected chi connectivity index (χ1v) is 7.76. The van der Waals surface area contributed by atoms with Gasteiger partial charge in [-0.3, -0.25) is 19.8 Å². The van der Waals surface area contributed by atoms with E-state index in [2.05, 4.69) is 27.1 Å². The number of nitrogens with zero attached hydrogens (tertiary/aromatic N) is 1. The second-order valence-corrected chi connectivity index (χ2v) is 5.80. The van der Waals surface area contributed by atoms with Crippen LogP contribution in [-0.4, -0.2) is 56.2 Å². The second kappa shape index (κ2) is 8.08. The number of nitrogens with one attached hydrogen (secondary N) is 1. The molecule has 6 heteroatoms. The number of esters is 2. The summed E-state index contributed by atoms with van der Waals surface area (Å²) in [6.07, 6.45) is 1.50. The molecule has 1 heterocycles. The largest absolute Gasteiger partial charge is 0.468 e. The van der Waals surface area contributed by atoms with Crippen molar-refractivity contribution in [1.82, 2.24) is 10.2 Å². The smallest absolute Gasteiger partial charge is 0.327 e. The van der Waals surface area contributed by atoms with Crippen LogP contribution in [0.1, 0.15) is 18.4 Å².